The molecule has 2 atom stereocenters. The number of carbonyl (C=O) groups excluding carboxylic acids is 1. The zero-order valence-corrected chi connectivity index (χ0v) is 16.4. The summed E-state index contributed by atoms with van der Waals surface area (Å²) >= 11 is 0. The van der Waals surface area contributed by atoms with Gasteiger partial charge >= 0.3 is 6.09 Å². The van der Waals surface area contributed by atoms with Crippen LogP contribution in [0.3, 0.4) is 0 Å². The third kappa shape index (κ3) is 5.33. The smallest absolute Gasteiger partial charge is 0.407 e. The van der Waals surface area contributed by atoms with Gasteiger partial charge in [-0.2, -0.15) is 0 Å². The van der Waals surface area contributed by atoms with Gasteiger partial charge in [0.25, 0.3) is 0 Å². The molecule has 0 radical (unpaired) electrons. The summed E-state index contributed by atoms with van der Waals surface area (Å²) in [6.45, 7) is 7.47. The van der Waals surface area contributed by atoms with E-state index in [1.54, 1.807) is 0 Å². The van der Waals surface area contributed by atoms with Crippen LogP contribution in [0, 0.1) is 5.92 Å². The molecule has 1 aliphatic rings. The highest BCUT2D eigenvalue weighted by Crippen LogP contribution is 2.54. The molecule has 4 nitrogen and oxygen atoms in total. The molecule has 0 spiro atoms. The number of hydrogen-bond donors (Lipinski definition) is 1. The largest absolute Gasteiger partial charge is 0.444 e. The second-order valence-electron chi connectivity index (χ2n) is 8.28. The third-order valence-corrected chi connectivity index (χ3v) is 4.96. The Balaban J connectivity index is 1.59. The van der Waals surface area contributed by atoms with Crippen molar-refractivity contribution in [2.75, 3.05) is 13.2 Å². The molecular weight excluding hydrogens is 338 g/mol. The number of rotatable bonds is 7. The molecule has 1 N–H and O–H groups in total. The summed E-state index contributed by atoms with van der Waals surface area (Å²) in [7, 11) is 0. The fourth-order valence-corrected chi connectivity index (χ4v) is 3.48. The first-order valence-corrected chi connectivity index (χ1v) is 9.53. The van der Waals surface area contributed by atoms with Crippen LogP contribution in [0.2, 0.25) is 0 Å². The Morgan fingerprint density at radius 1 is 1.07 bits per heavy atom. The van der Waals surface area contributed by atoms with Crippen LogP contribution in [0.25, 0.3) is 0 Å². The molecule has 27 heavy (non-hydrogen) atoms. The van der Waals surface area contributed by atoms with E-state index in [-0.39, 0.29) is 11.5 Å². The van der Waals surface area contributed by atoms with Crippen molar-refractivity contribution >= 4 is 6.09 Å². The summed E-state index contributed by atoms with van der Waals surface area (Å²) in [5.41, 5.74) is 1.85. The van der Waals surface area contributed by atoms with Crippen LogP contribution in [-0.2, 0) is 21.5 Å². The lowest BCUT2D eigenvalue weighted by molar-refractivity contribution is 0.0517. The van der Waals surface area contributed by atoms with E-state index in [9.17, 15) is 4.79 Å². The summed E-state index contributed by atoms with van der Waals surface area (Å²) < 4.78 is 11.4. The average Bonchev–Trinajstić information content (AvgIpc) is 3.35. The van der Waals surface area contributed by atoms with Gasteiger partial charge in [-0.1, -0.05) is 60.7 Å². The molecule has 0 heterocycles. The zero-order valence-electron chi connectivity index (χ0n) is 16.4. The van der Waals surface area contributed by atoms with Crippen molar-refractivity contribution in [2.24, 2.45) is 5.92 Å². The number of nitrogens with one attached hydrogen (secondary N) is 1. The van der Waals surface area contributed by atoms with E-state index >= 15 is 0 Å². The summed E-state index contributed by atoms with van der Waals surface area (Å²) in [6.07, 6.45) is 0.635. The van der Waals surface area contributed by atoms with Crippen LogP contribution in [0.4, 0.5) is 4.79 Å². The summed E-state index contributed by atoms with van der Waals surface area (Å²) in [6, 6.07) is 20.6. The SMILES string of the molecule is CC(C)(C)OC(=O)NC[C@@]1(c2ccccc2)C[C@H]1COCc1ccccc1. The molecular formula is C23H29NO3. The van der Waals surface area contributed by atoms with Gasteiger partial charge in [-0.3, -0.25) is 0 Å². The number of carbonyl (C=O) groups is 1. The van der Waals surface area contributed by atoms with Crippen molar-refractivity contribution in [3.8, 4) is 0 Å². The fourth-order valence-electron chi connectivity index (χ4n) is 3.48. The predicted molar refractivity (Wildman–Crippen MR) is 107 cm³/mol. The van der Waals surface area contributed by atoms with Gasteiger partial charge in [0.2, 0.25) is 0 Å². The van der Waals surface area contributed by atoms with Crippen molar-refractivity contribution in [3.05, 3.63) is 71.8 Å². The summed E-state index contributed by atoms with van der Waals surface area (Å²) in [5, 5.41) is 2.96. The predicted octanol–water partition coefficient (Wildman–Crippen LogP) is 4.69. The Bertz CT molecular complexity index is 739. The second kappa shape index (κ2) is 8.13. The van der Waals surface area contributed by atoms with Crippen LogP contribution in [0.5, 0.6) is 0 Å². The maximum atomic E-state index is 12.1. The average molecular weight is 367 g/mol. The van der Waals surface area contributed by atoms with Gasteiger partial charge in [-0.15, -0.1) is 0 Å². The molecule has 4 heteroatoms. The van der Waals surface area contributed by atoms with Crippen LogP contribution < -0.4 is 5.32 Å². The van der Waals surface area contributed by atoms with E-state index in [1.807, 2.05) is 57.2 Å². The number of benzene rings is 2. The molecule has 1 saturated carbocycles. The minimum absolute atomic E-state index is 0.0746. The highest BCUT2D eigenvalue weighted by Gasteiger charge is 2.55. The molecule has 0 saturated heterocycles. The Labute approximate surface area is 161 Å². The minimum Gasteiger partial charge on any atom is -0.444 e. The summed E-state index contributed by atoms with van der Waals surface area (Å²) in [4.78, 5) is 12.1. The first-order chi connectivity index (χ1) is 12.9. The van der Waals surface area contributed by atoms with E-state index in [0.717, 1.165) is 6.42 Å². The molecule has 144 valence electrons. The zero-order chi connectivity index (χ0) is 19.3. The topological polar surface area (TPSA) is 47.6 Å². The Morgan fingerprint density at radius 2 is 1.70 bits per heavy atom. The van der Waals surface area contributed by atoms with E-state index in [1.165, 1.54) is 11.1 Å². The molecule has 1 aliphatic carbocycles. The lowest BCUT2D eigenvalue weighted by Crippen LogP contribution is -2.38. The molecule has 0 bridgehead atoms. The van der Waals surface area contributed by atoms with Gasteiger partial charge in [-0.05, 0) is 44.2 Å². The van der Waals surface area contributed by atoms with E-state index in [4.69, 9.17) is 9.47 Å². The van der Waals surface area contributed by atoms with Gasteiger partial charge in [-0.25, -0.2) is 4.79 Å². The highest BCUT2D eigenvalue weighted by molar-refractivity contribution is 5.68. The molecule has 1 fully saturated rings. The molecule has 2 aromatic carbocycles. The lowest BCUT2D eigenvalue weighted by Gasteiger charge is -2.23. The van der Waals surface area contributed by atoms with Gasteiger partial charge in [0, 0.05) is 12.0 Å². The standard InChI is InChI=1S/C23H29NO3/c1-22(2,3)27-21(25)24-17-23(19-12-8-5-9-13-19)14-20(23)16-26-15-18-10-6-4-7-11-18/h4-13,20H,14-17H2,1-3H3,(H,24,25)/t20-,23+/m0/s1. The van der Waals surface area contributed by atoms with Crippen molar-refractivity contribution in [1.29, 1.82) is 0 Å². The Kier molecular flexibility index (Phi) is 5.85. The van der Waals surface area contributed by atoms with E-state index in [2.05, 4.69) is 29.6 Å². The number of amides is 1. The highest BCUT2D eigenvalue weighted by atomic mass is 16.6. The van der Waals surface area contributed by atoms with Crippen molar-refractivity contribution in [2.45, 2.75) is 44.8 Å². The first-order valence-electron chi connectivity index (χ1n) is 9.53. The van der Waals surface area contributed by atoms with Crippen LogP contribution in [0.15, 0.2) is 60.7 Å². The Morgan fingerprint density at radius 3 is 2.33 bits per heavy atom. The van der Waals surface area contributed by atoms with Crippen LogP contribution in [0.1, 0.15) is 38.3 Å². The Hall–Kier alpha value is -2.33. The molecule has 0 aliphatic heterocycles. The van der Waals surface area contributed by atoms with E-state index in [0.29, 0.717) is 25.7 Å². The number of hydrogen-bond acceptors (Lipinski definition) is 3. The van der Waals surface area contributed by atoms with Crippen LogP contribution >= 0.6 is 0 Å². The first kappa shape index (κ1) is 19.4. The van der Waals surface area contributed by atoms with Crippen molar-refractivity contribution in [1.82, 2.24) is 5.32 Å². The summed E-state index contributed by atoms with van der Waals surface area (Å²) in [5.74, 6) is 0.388. The van der Waals surface area contributed by atoms with Gasteiger partial charge in [0.05, 0.1) is 13.2 Å². The normalized spacial score (nSPS) is 21.5. The van der Waals surface area contributed by atoms with Crippen molar-refractivity contribution in [3.63, 3.8) is 0 Å². The molecule has 2 aromatic rings. The number of ether oxygens (including phenoxy) is 2. The van der Waals surface area contributed by atoms with E-state index < -0.39 is 5.60 Å². The van der Waals surface area contributed by atoms with Gasteiger partial charge in [0.15, 0.2) is 0 Å². The quantitative estimate of drug-likeness (QED) is 0.772. The molecule has 0 unspecified atom stereocenters. The van der Waals surface area contributed by atoms with Crippen molar-refractivity contribution < 1.29 is 14.3 Å². The van der Waals surface area contributed by atoms with Crippen LogP contribution in [-0.4, -0.2) is 24.8 Å². The molecule has 1 amide bonds. The number of alkyl carbamates (subject to hydrolysis) is 1. The third-order valence-electron chi connectivity index (χ3n) is 4.96. The van der Waals surface area contributed by atoms with Gasteiger partial charge in [0.1, 0.15) is 5.60 Å². The molecule has 3 rings (SSSR count). The minimum atomic E-state index is -0.494. The maximum absolute atomic E-state index is 12.1. The lowest BCUT2D eigenvalue weighted by atomic mass is 9.93. The monoisotopic (exact) mass is 367 g/mol. The fraction of sp³-hybridized carbons (Fsp3) is 0.435. The molecule has 0 aromatic heterocycles. The maximum Gasteiger partial charge on any atom is 0.407 e. The second-order valence-corrected chi connectivity index (χ2v) is 8.28. The van der Waals surface area contributed by atoms with Gasteiger partial charge < -0.3 is 14.8 Å².